The van der Waals surface area contributed by atoms with Gasteiger partial charge in [0, 0.05) is 17.3 Å². The maximum atomic E-state index is 12.4. The number of carbonyl (C=O) groups excluding carboxylic acids is 1. The van der Waals surface area contributed by atoms with Crippen LogP contribution in [0.5, 0.6) is 5.75 Å². The number of carbonyl (C=O) groups is 1. The molecular weight excluding hydrogens is 314 g/mol. The molecule has 0 saturated carbocycles. The largest absolute Gasteiger partial charge is 0.496 e. The Morgan fingerprint density at radius 3 is 2.64 bits per heavy atom. The molecule has 2 unspecified atom stereocenters. The molecule has 0 radical (unpaired) electrons. The molecule has 0 spiro atoms. The van der Waals surface area contributed by atoms with Crippen molar-refractivity contribution in [3.05, 3.63) is 59.2 Å². The van der Waals surface area contributed by atoms with Gasteiger partial charge < -0.3 is 10.1 Å². The molecule has 1 amide bonds. The predicted molar refractivity (Wildman–Crippen MR) is 98.5 cm³/mol. The van der Waals surface area contributed by atoms with Gasteiger partial charge in [0.25, 0.3) is 0 Å². The van der Waals surface area contributed by atoms with Gasteiger partial charge in [0.1, 0.15) is 5.75 Å². The van der Waals surface area contributed by atoms with E-state index < -0.39 is 6.04 Å². The molecule has 0 saturated heterocycles. The maximum absolute atomic E-state index is 12.4. The molecule has 0 fully saturated rings. The van der Waals surface area contributed by atoms with E-state index in [-0.39, 0.29) is 11.9 Å². The number of aryl methyl sites for hydroxylation is 1. The number of methoxy groups -OCH3 is 1. The summed E-state index contributed by atoms with van der Waals surface area (Å²) in [6, 6.07) is 14.4. The second kappa shape index (κ2) is 8.32. The molecule has 0 aliphatic rings. The summed E-state index contributed by atoms with van der Waals surface area (Å²) in [5.74, 6) is 0.633. The Morgan fingerprint density at radius 2 is 1.96 bits per heavy atom. The molecule has 2 atom stereocenters. The van der Waals surface area contributed by atoms with Gasteiger partial charge in [-0.2, -0.15) is 5.26 Å². The third-order valence-corrected chi connectivity index (χ3v) is 4.00. The van der Waals surface area contributed by atoms with E-state index in [1.165, 1.54) is 0 Å². The Morgan fingerprint density at radius 1 is 1.20 bits per heavy atom. The number of hydrogen-bond acceptors (Lipinski definition) is 4. The lowest BCUT2D eigenvalue weighted by Crippen LogP contribution is -2.39. The molecule has 2 aromatic carbocycles. The number of amides is 1. The van der Waals surface area contributed by atoms with Gasteiger partial charge in [0.2, 0.25) is 5.91 Å². The van der Waals surface area contributed by atoms with E-state index in [0.29, 0.717) is 11.3 Å². The Bertz CT molecular complexity index is 796. The van der Waals surface area contributed by atoms with Crippen molar-refractivity contribution >= 4 is 11.6 Å². The second-order valence-corrected chi connectivity index (χ2v) is 6.04. The maximum Gasteiger partial charge on any atom is 0.241 e. The summed E-state index contributed by atoms with van der Waals surface area (Å²) in [6.45, 7) is 5.83. The topological polar surface area (TPSA) is 74.2 Å². The highest BCUT2D eigenvalue weighted by atomic mass is 16.5. The first-order valence-electron chi connectivity index (χ1n) is 8.16. The van der Waals surface area contributed by atoms with Crippen molar-refractivity contribution in [1.82, 2.24) is 5.32 Å². The summed E-state index contributed by atoms with van der Waals surface area (Å²) < 4.78 is 5.41. The smallest absolute Gasteiger partial charge is 0.241 e. The van der Waals surface area contributed by atoms with Crippen LogP contribution < -0.4 is 15.4 Å². The van der Waals surface area contributed by atoms with E-state index in [9.17, 15) is 4.79 Å². The molecule has 0 aromatic heterocycles. The molecule has 0 heterocycles. The Balaban J connectivity index is 2.05. The number of rotatable bonds is 6. The molecule has 5 heteroatoms. The van der Waals surface area contributed by atoms with Crippen molar-refractivity contribution < 1.29 is 9.53 Å². The van der Waals surface area contributed by atoms with Crippen LogP contribution >= 0.6 is 0 Å². The number of benzene rings is 2. The SMILES string of the molecule is COc1ccc(C)cc1C(C)NC(C)C(=O)Nc1cccc(C#N)c1. The van der Waals surface area contributed by atoms with E-state index in [2.05, 4.69) is 22.8 Å². The normalized spacial score (nSPS) is 12.8. The molecule has 2 N–H and O–H groups in total. The van der Waals surface area contributed by atoms with Gasteiger partial charge in [0.15, 0.2) is 0 Å². The van der Waals surface area contributed by atoms with Crippen molar-refractivity contribution in [2.75, 3.05) is 12.4 Å². The summed E-state index contributed by atoms with van der Waals surface area (Å²) in [7, 11) is 1.64. The van der Waals surface area contributed by atoms with Crippen LogP contribution in [0.15, 0.2) is 42.5 Å². The molecule has 2 aromatic rings. The number of nitrogens with zero attached hydrogens (tertiary/aromatic N) is 1. The highest BCUT2D eigenvalue weighted by Crippen LogP contribution is 2.26. The van der Waals surface area contributed by atoms with Gasteiger partial charge in [-0.15, -0.1) is 0 Å². The van der Waals surface area contributed by atoms with E-state index in [0.717, 1.165) is 16.9 Å². The summed E-state index contributed by atoms with van der Waals surface area (Å²) in [5.41, 5.74) is 3.26. The monoisotopic (exact) mass is 337 g/mol. The number of nitriles is 1. The van der Waals surface area contributed by atoms with Crippen LogP contribution in [-0.4, -0.2) is 19.1 Å². The fraction of sp³-hybridized carbons (Fsp3) is 0.300. The zero-order valence-electron chi connectivity index (χ0n) is 15.0. The quantitative estimate of drug-likeness (QED) is 0.845. The molecule has 0 aliphatic heterocycles. The molecule has 25 heavy (non-hydrogen) atoms. The van der Waals surface area contributed by atoms with Crippen molar-refractivity contribution in [3.63, 3.8) is 0 Å². The summed E-state index contributed by atoms with van der Waals surface area (Å²) >= 11 is 0. The van der Waals surface area contributed by atoms with Crippen LogP contribution in [0.4, 0.5) is 5.69 Å². The van der Waals surface area contributed by atoms with Crippen molar-refractivity contribution in [2.45, 2.75) is 32.9 Å². The summed E-state index contributed by atoms with van der Waals surface area (Å²) in [5, 5.41) is 15.1. The van der Waals surface area contributed by atoms with Crippen molar-refractivity contribution in [1.29, 1.82) is 5.26 Å². The van der Waals surface area contributed by atoms with Gasteiger partial charge in [0.05, 0.1) is 24.8 Å². The zero-order chi connectivity index (χ0) is 18.4. The van der Waals surface area contributed by atoms with Gasteiger partial charge in [-0.1, -0.05) is 23.8 Å². The first-order valence-corrected chi connectivity index (χ1v) is 8.16. The first-order chi connectivity index (χ1) is 11.9. The van der Waals surface area contributed by atoms with Crippen molar-refractivity contribution in [3.8, 4) is 11.8 Å². The Hall–Kier alpha value is -2.84. The minimum atomic E-state index is -0.411. The average Bonchev–Trinajstić information content (AvgIpc) is 2.61. The molecule has 2 rings (SSSR count). The highest BCUT2D eigenvalue weighted by molar-refractivity contribution is 5.94. The molecule has 130 valence electrons. The highest BCUT2D eigenvalue weighted by Gasteiger charge is 2.19. The predicted octanol–water partition coefficient (Wildman–Crippen LogP) is 3.55. The van der Waals surface area contributed by atoms with Crippen LogP contribution in [0.25, 0.3) is 0 Å². The molecule has 0 bridgehead atoms. The lowest BCUT2D eigenvalue weighted by Gasteiger charge is -2.22. The van der Waals surface area contributed by atoms with Crippen LogP contribution in [0.2, 0.25) is 0 Å². The van der Waals surface area contributed by atoms with Gasteiger partial charge >= 0.3 is 0 Å². The summed E-state index contributed by atoms with van der Waals surface area (Å²) in [6.07, 6.45) is 0. The lowest BCUT2D eigenvalue weighted by atomic mass is 10.0. The molecular formula is C20H23N3O2. The van der Waals surface area contributed by atoms with Gasteiger partial charge in [-0.25, -0.2) is 0 Å². The van der Waals surface area contributed by atoms with Crippen LogP contribution in [0.3, 0.4) is 0 Å². The van der Waals surface area contributed by atoms with Gasteiger partial charge in [-0.05, 0) is 45.0 Å². The standard InChI is InChI=1S/C20H23N3O2/c1-13-8-9-19(25-4)18(10-13)14(2)22-15(3)20(24)23-17-7-5-6-16(11-17)12-21/h5-11,14-15,22H,1-4H3,(H,23,24). The lowest BCUT2D eigenvalue weighted by molar-refractivity contribution is -0.117. The minimum absolute atomic E-state index is 0.0546. The Labute approximate surface area is 148 Å². The fourth-order valence-corrected chi connectivity index (χ4v) is 2.65. The van der Waals surface area contributed by atoms with Gasteiger partial charge in [-0.3, -0.25) is 10.1 Å². The first kappa shape index (κ1) is 18.5. The fourth-order valence-electron chi connectivity index (χ4n) is 2.65. The number of anilines is 1. The van der Waals surface area contributed by atoms with E-state index in [1.54, 1.807) is 31.4 Å². The van der Waals surface area contributed by atoms with Crippen LogP contribution in [0, 0.1) is 18.3 Å². The van der Waals surface area contributed by atoms with Crippen LogP contribution in [-0.2, 0) is 4.79 Å². The number of nitrogens with one attached hydrogen (secondary N) is 2. The third kappa shape index (κ3) is 4.82. The Kier molecular flexibility index (Phi) is 6.15. The minimum Gasteiger partial charge on any atom is -0.496 e. The van der Waals surface area contributed by atoms with Crippen molar-refractivity contribution in [2.24, 2.45) is 0 Å². The van der Waals surface area contributed by atoms with E-state index in [4.69, 9.17) is 10.00 Å². The molecule has 5 nitrogen and oxygen atoms in total. The number of hydrogen-bond donors (Lipinski definition) is 2. The summed E-state index contributed by atoms with van der Waals surface area (Å²) in [4.78, 5) is 12.4. The number of ether oxygens (including phenoxy) is 1. The average molecular weight is 337 g/mol. The van der Waals surface area contributed by atoms with E-state index >= 15 is 0 Å². The molecule has 0 aliphatic carbocycles. The third-order valence-electron chi connectivity index (χ3n) is 4.00. The second-order valence-electron chi connectivity index (χ2n) is 6.04. The van der Waals surface area contributed by atoms with E-state index in [1.807, 2.05) is 32.9 Å². The van der Waals surface area contributed by atoms with Crippen LogP contribution in [0.1, 0.15) is 36.6 Å². The zero-order valence-corrected chi connectivity index (χ0v) is 15.0.